The summed E-state index contributed by atoms with van der Waals surface area (Å²) in [4.78, 5) is 0. The fourth-order valence-corrected chi connectivity index (χ4v) is 4.77. The molecule has 2 atom stereocenters. The molecule has 0 fully saturated rings. The van der Waals surface area contributed by atoms with E-state index in [0.717, 1.165) is 45.3 Å². The summed E-state index contributed by atoms with van der Waals surface area (Å²) >= 11 is 0. The van der Waals surface area contributed by atoms with Gasteiger partial charge in [0.05, 0.1) is 12.2 Å². The molecule has 0 saturated heterocycles. The zero-order valence-electron chi connectivity index (χ0n) is 24.7. The molecule has 0 heterocycles. The summed E-state index contributed by atoms with van der Waals surface area (Å²) in [6, 6.07) is 2.28. The van der Waals surface area contributed by atoms with Gasteiger partial charge in [0.25, 0.3) is 0 Å². The van der Waals surface area contributed by atoms with E-state index in [4.69, 9.17) is 19.5 Å². The van der Waals surface area contributed by atoms with Crippen LogP contribution in [-0.2, 0) is 14.2 Å². The molecular weight excluding hydrogens is 446 g/mol. The molecule has 0 bridgehead atoms. The Kier molecular flexibility index (Phi) is 30.1. The van der Waals surface area contributed by atoms with Gasteiger partial charge in [0.1, 0.15) is 0 Å². The van der Waals surface area contributed by atoms with E-state index in [1.165, 1.54) is 116 Å². The van der Waals surface area contributed by atoms with Crippen LogP contribution < -0.4 is 0 Å². The predicted octanol–water partition coefficient (Wildman–Crippen LogP) is 10.3. The summed E-state index contributed by atoms with van der Waals surface area (Å²) in [7, 11) is 1.73. The first-order valence-electron chi connectivity index (χ1n) is 15.9. The number of methoxy groups -OCH3 is 1. The lowest BCUT2D eigenvalue weighted by Gasteiger charge is -2.21. The van der Waals surface area contributed by atoms with Gasteiger partial charge in [-0.15, -0.1) is 0 Å². The Hall–Kier alpha value is -0.630. The van der Waals surface area contributed by atoms with Crippen LogP contribution in [0, 0.1) is 11.3 Å². The first kappa shape index (κ1) is 35.4. The Balaban J connectivity index is 3.78. The molecule has 0 aliphatic carbocycles. The standard InChI is InChI=1S/C32H63NO3/c1-4-6-8-10-12-14-16-18-20-22-29-35-31(25-24-28-33)26-27-32(34-3)36-30-23-21-19-17-15-13-11-9-7-5-2/h31-32H,4-27,29-30H2,1-3H3. The van der Waals surface area contributed by atoms with E-state index in [0.29, 0.717) is 6.42 Å². The summed E-state index contributed by atoms with van der Waals surface area (Å²) in [6.07, 6.45) is 29.8. The molecule has 214 valence electrons. The second-order valence-electron chi connectivity index (χ2n) is 10.7. The maximum Gasteiger partial charge on any atom is 0.157 e. The Morgan fingerprint density at radius 2 is 0.944 bits per heavy atom. The molecule has 0 radical (unpaired) electrons. The van der Waals surface area contributed by atoms with Crippen LogP contribution in [0.15, 0.2) is 0 Å². The van der Waals surface area contributed by atoms with E-state index in [1.54, 1.807) is 7.11 Å². The van der Waals surface area contributed by atoms with Gasteiger partial charge in [-0.1, -0.05) is 129 Å². The fourth-order valence-electron chi connectivity index (χ4n) is 4.77. The highest BCUT2D eigenvalue weighted by atomic mass is 16.7. The van der Waals surface area contributed by atoms with Gasteiger partial charge >= 0.3 is 0 Å². The summed E-state index contributed by atoms with van der Waals surface area (Å²) in [5.41, 5.74) is 0. The highest BCUT2D eigenvalue weighted by Gasteiger charge is 2.14. The molecule has 0 rings (SSSR count). The molecule has 0 saturated carbocycles. The first-order chi connectivity index (χ1) is 17.8. The topological polar surface area (TPSA) is 51.5 Å². The lowest BCUT2D eigenvalue weighted by atomic mass is 10.1. The van der Waals surface area contributed by atoms with Crippen molar-refractivity contribution in [3.63, 3.8) is 0 Å². The number of nitriles is 1. The molecule has 0 amide bonds. The zero-order chi connectivity index (χ0) is 26.4. The third-order valence-corrected chi connectivity index (χ3v) is 7.22. The monoisotopic (exact) mass is 509 g/mol. The molecule has 0 spiro atoms. The van der Waals surface area contributed by atoms with Gasteiger partial charge < -0.3 is 14.2 Å². The lowest BCUT2D eigenvalue weighted by molar-refractivity contribution is -0.133. The summed E-state index contributed by atoms with van der Waals surface area (Å²) in [5, 5.41) is 9.01. The van der Waals surface area contributed by atoms with Crippen LogP contribution in [0.1, 0.15) is 168 Å². The third kappa shape index (κ3) is 26.4. The lowest BCUT2D eigenvalue weighted by Crippen LogP contribution is -2.21. The van der Waals surface area contributed by atoms with Crippen molar-refractivity contribution in [2.24, 2.45) is 0 Å². The number of hydrogen-bond donors (Lipinski definition) is 0. The SMILES string of the molecule is CCCCCCCCCCCCOC(CCC#N)CCC(OC)OCCCCCCCCCCCC. The minimum absolute atomic E-state index is 0.141. The van der Waals surface area contributed by atoms with E-state index >= 15 is 0 Å². The van der Waals surface area contributed by atoms with Crippen molar-refractivity contribution in [2.45, 2.75) is 180 Å². The van der Waals surface area contributed by atoms with E-state index in [9.17, 15) is 0 Å². The van der Waals surface area contributed by atoms with Crippen molar-refractivity contribution < 1.29 is 14.2 Å². The smallest absolute Gasteiger partial charge is 0.157 e. The maximum absolute atomic E-state index is 9.01. The van der Waals surface area contributed by atoms with Crippen molar-refractivity contribution in [3.8, 4) is 6.07 Å². The van der Waals surface area contributed by atoms with E-state index in [1.807, 2.05) is 0 Å². The van der Waals surface area contributed by atoms with Gasteiger partial charge in [0, 0.05) is 33.2 Å². The van der Waals surface area contributed by atoms with Crippen LogP contribution in [0.2, 0.25) is 0 Å². The summed E-state index contributed by atoms with van der Waals surface area (Å²) in [5.74, 6) is 0. The highest BCUT2D eigenvalue weighted by Crippen LogP contribution is 2.16. The molecule has 0 aromatic carbocycles. The molecule has 0 aliphatic heterocycles. The number of hydrogen-bond acceptors (Lipinski definition) is 4. The molecule has 2 unspecified atom stereocenters. The van der Waals surface area contributed by atoms with Crippen molar-refractivity contribution in [3.05, 3.63) is 0 Å². The van der Waals surface area contributed by atoms with Crippen molar-refractivity contribution in [1.29, 1.82) is 5.26 Å². The normalized spacial score (nSPS) is 13.1. The molecule has 4 heteroatoms. The number of ether oxygens (including phenoxy) is 3. The van der Waals surface area contributed by atoms with Crippen molar-refractivity contribution >= 4 is 0 Å². The van der Waals surface area contributed by atoms with Crippen LogP contribution in [0.3, 0.4) is 0 Å². The second kappa shape index (κ2) is 30.6. The molecule has 4 nitrogen and oxygen atoms in total. The molecule has 0 N–H and O–H groups in total. The third-order valence-electron chi connectivity index (χ3n) is 7.22. The molecule has 36 heavy (non-hydrogen) atoms. The van der Waals surface area contributed by atoms with E-state index in [-0.39, 0.29) is 12.4 Å². The summed E-state index contributed by atoms with van der Waals surface area (Å²) in [6.45, 7) is 6.13. The van der Waals surface area contributed by atoms with Gasteiger partial charge in [-0.2, -0.15) is 5.26 Å². The van der Waals surface area contributed by atoms with Gasteiger partial charge in [-0.3, -0.25) is 0 Å². The second-order valence-corrected chi connectivity index (χ2v) is 10.7. The number of unbranched alkanes of at least 4 members (excludes halogenated alkanes) is 18. The average Bonchev–Trinajstić information content (AvgIpc) is 2.89. The van der Waals surface area contributed by atoms with Crippen molar-refractivity contribution in [2.75, 3.05) is 20.3 Å². The van der Waals surface area contributed by atoms with Gasteiger partial charge in [0.15, 0.2) is 6.29 Å². The zero-order valence-corrected chi connectivity index (χ0v) is 24.7. The van der Waals surface area contributed by atoms with Gasteiger partial charge in [-0.05, 0) is 25.7 Å². The maximum atomic E-state index is 9.01. The first-order valence-corrected chi connectivity index (χ1v) is 15.9. The Labute approximate surface area is 226 Å². The largest absolute Gasteiger partial charge is 0.378 e. The molecule has 0 aliphatic rings. The molecule has 0 aromatic heterocycles. The number of rotatable bonds is 30. The average molecular weight is 510 g/mol. The Bertz CT molecular complexity index is 451. The molecular formula is C32H63NO3. The minimum Gasteiger partial charge on any atom is -0.378 e. The van der Waals surface area contributed by atoms with Crippen LogP contribution in [0.25, 0.3) is 0 Å². The Morgan fingerprint density at radius 1 is 0.528 bits per heavy atom. The summed E-state index contributed by atoms with van der Waals surface area (Å²) < 4.78 is 17.7. The van der Waals surface area contributed by atoms with Crippen LogP contribution in [0.4, 0.5) is 0 Å². The predicted molar refractivity (Wildman–Crippen MR) is 154 cm³/mol. The quantitative estimate of drug-likeness (QED) is 0.0713. The minimum atomic E-state index is -0.158. The van der Waals surface area contributed by atoms with E-state index < -0.39 is 0 Å². The highest BCUT2D eigenvalue weighted by molar-refractivity contribution is 4.73. The van der Waals surface area contributed by atoms with E-state index in [2.05, 4.69) is 19.9 Å². The van der Waals surface area contributed by atoms with Crippen LogP contribution in [0.5, 0.6) is 0 Å². The molecule has 0 aromatic rings. The Morgan fingerprint density at radius 3 is 1.36 bits per heavy atom. The van der Waals surface area contributed by atoms with Gasteiger partial charge in [-0.25, -0.2) is 0 Å². The van der Waals surface area contributed by atoms with Crippen molar-refractivity contribution in [1.82, 2.24) is 0 Å². The van der Waals surface area contributed by atoms with Gasteiger partial charge in [0.2, 0.25) is 0 Å². The van der Waals surface area contributed by atoms with Crippen LogP contribution >= 0.6 is 0 Å². The fraction of sp³-hybridized carbons (Fsp3) is 0.969. The van der Waals surface area contributed by atoms with Crippen LogP contribution in [-0.4, -0.2) is 32.7 Å². The number of nitrogens with zero attached hydrogens (tertiary/aromatic N) is 1.